The van der Waals surface area contributed by atoms with Gasteiger partial charge in [-0.25, -0.2) is 13.8 Å². The van der Waals surface area contributed by atoms with Crippen molar-refractivity contribution >= 4 is 11.6 Å². The maximum Gasteiger partial charge on any atom is 0.193 e. The van der Waals surface area contributed by atoms with Gasteiger partial charge in [0, 0.05) is 11.8 Å². The van der Waals surface area contributed by atoms with Crippen LogP contribution < -0.4 is 20.5 Å². The highest BCUT2D eigenvalue weighted by Gasteiger charge is 2.05. The molecule has 0 aliphatic rings. The molecule has 2 rings (SSSR count). The Morgan fingerprint density at radius 2 is 1.78 bits per heavy atom. The van der Waals surface area contributed by atoms with Crippen molar-refractivity contribution in [2.24, 2.45) is 10.7 Å². The number of nitrogens with one attached hydrogen (secondary N) is 1. The van der Waals surface area contributed by atoms with Gasteiger partial charge in [0.25, 0.3) is 0 Å². The van der Waals surface area contributed by atoms with Crippen LogP contribution >= 0.6 is 0 Å². The fourth-order valence-electron chi connectivity index (χ4n) is 1.92. The number of hydrogen-bond acceptors (Lipinski definition) is 3. The summed E-state index contributed by atoms with van der Waals surface area (Å²) >= 11 is 0. The second kappa shape index (κ2) is 7.44. The molecule has 0 saturated heterocycles. The molecule has 0 spiro atoms. The molecule has 5 nitrogen and oxygen atoms in total. The van der Waals surface area contributed by atoms with Gasteiger partial charge in [-0.15, -0.1) is 0 Å². The summed E-state index contributed by atoms with van der Waals surface area (Å²) in [5.41, 5.74) is 6.96. The summed E-state index contributed by atoms with van der Waals surface area (Å²) in [5, 5.41) is 2.89. The summed E-state index contributed by atoms with van der Waals surface area (Å²) in [7, 11) is 3.07. The van der Waals surface area contributed by atoms with Gasteiger partial charge in [0.15, 0.2) is 29.1 Å². The number of hydrogen-bond donors (Lipinski definition) is 2. The normalized spacial score (nSPS) is 11.2. The van der Waals surface area contributed by atoms with Gasteiger partial charge in [-0.05, 0) is 29.8 Å². The zero-order valence-electron chi connectivity index (χ0n) is 12.8. The minimum absolute atomic E-state index is 0.128. The van der Waals surface area contributed by atoms with E-state index in [0.29, 0.717) is 22.7 Å². The fraction of sp³-hybridized carbons (Fsp3) is 0.188. The molecule has 7 heteroatoms. The van der Waals surface area contributed by atoms with E-state index in [0.717, 1.165) is 12.1 Å². The molecule has 23 heavy (non-hydrogen) atoms. The molecule has 122 valence electrons. The highest BCUT2D eigenvalue weighted by atomic mass is 19.2. The van der Waals surface area contributed by atoms with Gasteiger partial charge in [-0.1, -0.05) is 6.07 Å². The van der Waals surface area contributed by atoms with Gasteiger partial charge in [0.1, 0.15) is 0 Å². The number of halogens is 2. The van der Waals surface area contributed by atoms with E-state index in [2.05, 4.69) is 10.3 Å². The molecule has 0 heterocycles. The molecule has 0 unspecified atom stereocenters. The van der Waals surface area contributed by atoms with Crippen LogP contribution in [0.25, 0.3) is 0 Å². The number of anilines is 1. The minimum atomic E-state index is -0.913. The van der Waals surface area contributed by atoms with Crippen molar-refractivity contribution in [3.63, 3.8) is 0 Å². The van der Waals surface area contributed by atoms with Gasteiger partial charge in [-0.2, -0.15) is 0 Å². The first kappa shape index (κ1) is 16.5. The van der Waals surface area contributed by atoms with Gasteiger partial charge >= 0.3 is 0 Å². The number of nitrogens with zero attached hydrogens (tertiary/aromatic N) is 1. The van der Waals surface area contributed by atoms with E-state index in [4.69, 9.17) is 15.2 Å². The lowest BCUT2D eigenvalue weighted by Gasteiger charge is -2.11. The largest absolute Gasteiger partial charge is 0.493 e. The number of rotatable bonds is 5. The standard InChI is InChI=1S/C16H17F2N3O2/c1-22-14-6-4-11(8-15(14)23-2)21-16(19)20-9-10-3-5-12(17)13(18)7-10/h3-8H,9H2,1-2H3,(H3,19,20,21). The van der Waals surface area contributed by atoms with Gasteiger partial charge < -0.3 is 20.5 Å². The summed E-state index contributed by atoms with van der Waals surface area (Å²) in [4.78, 5) is 4.08. The molecule has 0 bridgehead atoms. The Morgan fingerprint density at radius 1 is 1.04 bits per heavy atom. The summed E-state index contributed by atoms with van der Waals surface area (Å²) in [6, 6.07) is 8.77. The number of methoxy groups -OCH3 is 2. The molecule has 2 aromatic rings. The molecule has 0 amide bonds. The van der Waals surface area contributed by atoms with Crippen LogP contribution in [0.2, 0.25) is 0 Å². The maximum absolute atomic E-state index is 13.1. The summed E-state index contributed by atoms with van der Waals surface area (Å²) in [5.74, 6) is -0.526. The fourth-order valence-corrected chi connectivity index (χ4v) is 1.92. The van der Waals surface area contributed by atoms with Crippen LogP contribution in [0.15, 0.2) is 41.4 Å². The van der Waals surface area contributed by atoms with Crippen molar-refractivity contribution in [1.82, 2.24) is 0 Å². The topological polar surface area (TPSA) is 68.9 Å². The average Bonchev–Trinajstić information content (AvgIpc) is 2.55. The number of ether oxygens (including phenoxy) is 2. The second-order valence-corrected chi connectivity index (χ2v) is 4.64. The van der Waals surface area contributed by atoms with Crippen LogP contribution in [0.5, 0.6) is 11.5 Å². The number of nitrogens with two attached hydrogens (primary N) is 1. The molecular weight excluding hydrogens is 304 g/mol. The van der Waals surface area contributed by atoms with E-state index in [1.54, 1.807) is 25.3 Å². The van der Waals surface area contributed by atoms with Crippen LogP contribution in [0.1, 0.15) is 5.56 Å². The lowest BCUT2D eigenvalue weighted by Crippen LogP contribution is -2.22. The molecular formula is C16H17F2N3O2. The van der Waals surface area contributed by atoms with Crippen molar-refractivity contribution in [3.05, 3.63) is 53.6 Å². The first-order chi connectivity index (χ1) is 11.0. The Hall–Kier alpha value is -2.83. The molecule has 0 aromatic heterocycles. The molecule has 2 aromatic carbocycles. The zero-order valence-corrected chi connectivity index (χ0v) is 12.8. The molecule has 0 saturated carbocycles. The molecule has 0 aliphatic carbocycles. The van der Waals surface area contributed by atoms with Crippen molar-refractivity contribution < 1.29 is 18.3 Å². The SMILES string of the molecule is COc1ccc(NC(N)=NCc2ccc(F)c(F)c2)cc1OC. The molecule has 0 radical (unpaired) electrons. The van der Waals surface area contributed by atoms with E-state index < -0.39 is 11.6 Å². The number of guanidine groups is 1. The highest BCUT2D eigenvalue weighted by Crippen LogP contribution is 2.29. The van der Waals surface area contributed by atoms with Crippen LogP contribution in [-0.4, -0.2) is 20.2 Å². The monoisotopic (exact) mass is 321 g/mol. The van der Waals surface area contributed by atoms with E-state index in [-0.39, 0.29) is 12.5 Å². The Bertz CT molecular complexity index is 720. The summed E-state index contributed by atoms with van der Waals surface area (Å²) in [6.07, 6.45) is 0. The van der Waals surface area contributed by atoms with Crippen molar-refractivity contribution in [1.29, 1.82) is 0 Å². The molecule has 3 N–H and O–H groups in total. The van der Waals surface area contributed by atoms with Gasteiger partial charge in [0.05, 0.1) is 20.8 Å². The quantitative estimate of drug-likeness (QED) is 0.656. The van der Waals surface area contributed by atoms with E-state index in [9.17, 15) is 8.78 Å². The van der Waals surface area contributed by atoms with Crippen molar-refractivity contribution in [2.75, 3.05) is 19.5 Å². The van der Waals surface area contributed by atoms with Crippen molar-refractivity contribution in [2.45, 2.75) is 6.54 Å². The lowest BCUT2D eigenvalue weighted by molar-refractivity contribution is 0.355. The first-order valence-corrected chi connectivity index (χ1v) is 6.76. The van der Waals surface area contributed by atoms with E-state index in [1.807, 2.05) is 0 Å². The molecule has 0 atom stereocenters. The van der Waals surface area contributed by atoms with Crippen LogP contribution in [0.4, 0.5) is 14.5 Å². The highest BCUT2D eigenvalue weighted by molar-refractivity contribution is 5.92. The third kappa shape index (κ3) is 4.32. The number of benzene rings is 2. The zero-order chi connectivity index (χ0) is 16.8. The maximum atomic E-state index is 13.1. The predicted molar refractivity (Wildman–Crippen MR) is 84.9 cm³/mol. The predicted octanol–water partition coefficient (Wildman–Crippen LogP) is 2.91. The Balaban J connectivity index is 2.05. The van der Waals surface area contributed by atoms with Crippen LogP contribution in [0.3, 0.4) is 0 Å². The van der Waals surface area contributed by atoms with Crippen LogP contribution in [0, 0.1) is 11.6 Å². The summed E-state index contributed by atoms with van der Waals surface area (Å²) in [6.45, 7) is 0.128. The Kier molecular flexibility index (Phi) is 5.35. The smallest absolute Gasteiger partial charge is 0.193 e. The van der Waals surface area contributed by atoms with Crippen LogP contribution in [-0.2, 0) is 6.54 Å². The van der Waals surface area contributed by atoms with E-state index >= 15 is 0 Å². The third-order valence-electron chi connectivity index (χ3n) is 3.07. The number of aliphatic imine (C=N–C) groups is 1. The van der Waals surface area contributed by atoms with Gasteiger partial charge in [0.2, 0.25) is 0 Å². The minimum Gasteiger partial charge on any atom is -0.493 e. The first-order valence-electron chi connectivity index (χ1n) is 6.76. The van der Waals surface area contributed by atoms with Crippen molar-refractivity contribution in [3.8, 4) is 11.5 Å². The van der Waals surface area contributed by atoms with E-state index in [1.165, 1.54) is 13.2 Å². The second-order valence-electron chi connectivity index (χ2n) is 4.64. The molecule has 0 fully saturated rings. The van der Waals surface area contributed by atoms with Gasteiger partial charge in [-0.3, -0.25) is 0 Å². The molecule has 0 aliphatic heterocycles. The average molecular weight is 321 g/mol. The Labute approximate surface area is 132 Å². The Morgan fingerprint density at radius 3 is 2.43 bits per heavy atom. The lowest BCUT2D eigenvalue weighted by atomic mass is 10.2. The summed E-state index contributed by atoms with van der Waals surface area (Å²) < 4.78 is 36.3. The third-order valence-corrected chi connectivity index (χ3v) is 3.07.